The van der Waals surface area contributed by atoms with Crippen molar-refractivity contribution in [3.63, 3.8) is 0 Å². The molecule has 0 spiro atoms. The Bertz CT molecular complexity index is 1440. The Balaban J connectivity index is 1.83. The van der Waals surface area contributed by atoms with Gasteiger partial charge in [-0.25, -0.2) is 4.79 Å². The lowest BCUT2D eigenvalue weighted by Crippen LogP contribution is -2.38. The van der Waals surface area contributed by atoms with E-state index in [2.05, 4.69) is 14.8 Å². The normalized spacial score (nSPS) is 12.4. The number of nitrogens with zero attached hydrogens (tertiary/aromatic N) is 1. The fraction of sp³-hybridized carbons (Fsp3) is 0.192. The van der Waals surface area contributed by atoms with Crippen molar-refractivity contribution >= 4 is 28.5 Å². The van der Waals surface area contributed by atoms with Crippen molar-refractivity contribution < 1.29 is 47.8 Å². The summed E-state index contributed by atoms with van der Waals surface area (Å²) >= 11 is 5.94. The van der Waals surface area contributed by atoms with Crippen molar-refractivity contribution in [1.29, 1.82) is 0 Å². The first kappa shape index (κ1) is 27.1. The standard InChI is InChI=1S/C26H21ClF3NO7/c1-15-24(35-19-8-6-18(27)7-9-19)22-11-10-21(36-28)13-23(22)31(15)26(37-29,38-30)14-17-4-3-5-20(12-17)34-16(2)25(32)33/h3-13,16H,14H2,1-2H3,(H,32,33)/t16-/m0/s1. The summed E-state index contributed by atoms with van der Waals surface area (Å²) in [5.74, 6) is -3.50. The summed E-state index contributed by atoms with van der Waals surface area (Å²) in [4.78, 5) is 23.2. The Kier molecular flexibility index (Phi) is 8.00. The quantitative estimate of drug-likeness (QED) is 0.198. The Morgan fingerprint density at radius 2 is 1.68 bits per heavy atom. The molecular weight excluding hydrogens is 531 g/mol. The Labute approximate surface area is 219 Å². The molecule has 12 heteroatoms. The summed E-state index contributed by atoms with van der Waals surface area (Å²) in [6, 6.07) is 16.2. The molecular formula is C26H21ClF3NO7. The molecule has 0 aliphatic heterocycles. The highest BCUT2D eigenvalue weighted by Gasteiger charge is 2.42. The van der Waals surface area contributed by atoms with Crippen LogP contribution in [-0.2, 0) is 27.0 Å². The molecule has 0 aliphatic carbocycles. The second-order valence-electron chi connectivity index (χ2n) is 8.35. The summed E-state index contributed by atoms with van der Waals surface area (Å²) in [7, 11) is 0. The minimum atomic E-state index is -2.74. The van der Waals surface area contributed by atoms with Crippen molar-refractivity contribution in [2.24, 2.45) is 0 Å². The van der Waals surface area contributed by atoms with Gasteiger partial charge in [-0.15, -0.1) is 9.88 Å². The fourth-order valence-corrected chi connectivity index (χ4v) is 4.18. The van der Waals surface area contributed by atoms with E-state index in [0.717, 1.165) is 4.57 Å². The van der Waals surface area contributed by atoms with E-state index < -0.39 is 24.4 Å². The fourth-order valence-electron chi connectivity index (χ4n) is 4.06. The van der Waals surface area contributed by atoms with Crippen LogP contribution < -0.4 is 14.4 Å². The molecule has 0 saturated carbocycles. The number of ether oxygens (including phenoxy) is 2. The minimum Gasteiger partial charge on any atom is -0.479 e. The van der Waals surface area contributed by atoms with Crippen LogP contribution in [0.1, 0.15) is 18.2 Å². The van der Waals surface area contributed by atoms with Gasteiger partial charge in [0.15, 0.2) is 17.6 Å². The van der Waals surface area contributed by atoms with Gasteiger partial charge in [-0.3, -0.25) is 9.51 Å². The Morgan fingerprint density at radius 1 is 1.00 bits per heavy atom. The van der Waals surface area contributed by atoms with E-state index in [4.69, 9.17) is 26.2 Å². The van der Waals surface area contributed by atoms with Gasteiger partial charge in [0.2, 0.25) is 0 Å². The highest BCUT2D eigenvalue weighted by atomic mass is 35.5. The van der Waals surface area contributed by atoms with E-state index in [0.29, 0.717) is 16.2 Å². The number of aromatic nitrogens is 1. The molecule has 3 aromatic carbocycles. The number of halogens is 4. The second kappa shape index (κ2) is 11.2. The number of fused-ring (bicyclic) bond motifs is 1. The molecule has 0 bridgehead atoms. The van der Waals surface area contributed by atoms with Crippen molar-refractivity contribution in [2.75, 3.05) is 0 Å². The zero-order valence-electron chi connectivity index (χ0n) is 20.0. The molecule has 200 valence electrons. The van der Waals surface area contributed by atoms with Crippen LogP contribution in [0.5, 0.6) is 23.0 Å². The van der Waals surface area contributed by atoms with E-state index in [-0.39, 0.29) is 34.0 Å². The Hall–Kier alpha value is -3.93. The topological polar surface area (TPSA) is 88.4 Å². The van der Waals surface area contributed by atoms with Gasteiger partial charge in [0.25, 0.3) is 0 Å². The van der Waals surface area contributed by atoms with Gasteiger partial charge in [-0.05, 0) is 77.0 Å². The molecule has 4 rings (SSSR count). The number of hydrogen-bond acceptors (Lipinski definition) is 6. The maximum atomic E-state index is 14.3. The summed E-state index contributed by atoms with van der Waals surface area (Å²) in [5, 5.41) is 9.91. The molecule has 0 saturated heterocycles. The zero-order chi connectivity index (χ0) is 27.4. The summed E-state index contributed by atoms with van der Waals surface area (Å²) in [6.45, 7) is 2.83. The zero-order valence-corrected chi connectivity index (χ0v) is 20.7. The van der Waals surface area contributed by atoms with Crippen LogP contribution in [0.2, 0.25) is 5.02 Å². The second-order valence-corrected chi connectivity index (χ2v) is 8.79. The predicted molar refractivity (Wildman–Crippen MR) is 130 cm³/mol. The molecule has 4 aromatic rings. The largest absolute Gasteiger partial charge is 0.479 e. The first-order chi connectivity index (χ1) is 18.2. The van der Waals surface area contributed by atoms with Gasteiger partial charge >= 0.3 is 11.9 Å². The molecule has 0 fully saturated rings. The van der Waals surface area contributed by atoms with Crippen LogP contribution in [0, 0.1) is 6.92 Å². The number of rotatable bonds is 11. The summed E-state index contributed by atoms with van der Waals surface area (Å²) < 4.78 is 54.1. The number of benzene rings is 3. The van der Waals surface area contributed by atoms with E-state index in [9.17, 15) is 18.4 Å². The van der Waals surface area contributed by atoms with Crippen LogP contribution >= 0.6 is 11.6 Å². The highest BCUT2D eigenvalue weighted by Crippen LogP contribution is 2.43. The third-order valence-corrected chi connectivity index (χ3v) is 6.06. The number of carboxylic acids is 1. The lowest BCUT2D eigenvalue weighted by molar-refractivity contribution is -0.454. The number of carboxylic acid groups (broad SMARTS) is 1. The molecule has 1 heterocycles. The van der Waals surface area contributed by atoms with Crippen LogP contribution in [0.15, 0.2) is 66.7 Å². The van der Waals surface area contributed by atoms with Crippen molar-refractivity contribution in [2.45, 2.75) is 32.3 Å². The molecule has 0 amide bonds. The molecule has 0 unspecified atom stereocenters. The van der Waals surface area contributed by atoms with Crippen molar-refractivity contribution in [1.82, 2.24) is 4.57 Å². The minimum absolute atomic E-state index is 0.0591. The first-order valence-electron chi connectivity index (χ1n) is 11.2. The highest BCUT2D eigenvalue weighted by molar-refractivity contribution is 6.30. The van der Waals surface area contributed by atoms with E-state index in [1.807, 2.05) is 0 Å². The SMILES string of the molecule is Cc1c(Oc2ccc(Cl)cc2)c2ccc(OF)cc2n1C(Cc1cccc(O[C@@H](C)C(=O)O)c1)(OF)OF. The maximum absolute atomic E-state index is 14.3. The smallest absolute Gasteiger partial charge is 0.344 e. The molecule has 0 aliphatic rings. The summed E-state index contributed by atoms with van der Waals surface area (Å²) in [6.07, 6.45) is -1.74. The predicted octanol–water partition coefficient (Wildman–Crippen LogP) is 7.17. The lowest BCUT2D eigenvalue weighted by atomic mass is 10.1. The number of carbonyl (C=O) groups is 1. The lowest BCUT2D eigenvalue weighted by Gasteiger charge is -2.28. The van der Waals surface area contributed by atoms with Crippen LogP contribution in [-0.4, -0.2) is 21.7 Å². The third kappa shape index (κ3) is 5.35. The van der Waals surface area contributed by atoms with Crippen LogP contribution in [0.3, 0.4) is 0 Å². The van der Waals surface area contributed by atoms with Gasteiger partial charge < -0.3 is 14.6 Å². The molecule has 0 radical (unpaired) electrons. The van der Waals surface area contributed by atoms with Gasteiger partial charge in [-0.1, -0.05) is 23.7 Å². The van der Waals surface area contributed by atoms with Crippen LogP contribution in [0.4, 0.5) is 13.6 Å². The van der Waals surface area contributed by atoms with Gasteiger partial charge in [0.1, 0.15) is 11.5 Å². The molecule has 1 atom stereocenters. The van der Waals surface area contributed by atoms with Crippen molar-refractivity contribution in [3.8, 4) is 23.0 Å². The summed E-state index contributed by atoms with van der Waals surface area (Å²) in [5.41, 5.74) is 0.478. The van der Waals surface area contributed by atoms with E-state index in [1.165, 1.54) is 56.3 Å². The van der Waals surface area contributed by atoms with Gasteiger partial charge in [0, 0.05) is 21.0 Å². The average Bonchev–Trinajstić information content (AvgIpc) is 3.19. The molecule has 38 heavy (non-hydrogen) atoms. The van der Waals surface area contributed by atoms with Crippen LogP contribution in [0.25, 0.3) is 10.9 Å². The average molecular weight is 552 g/mol. The number of aliphatic carboxylic acids is 1. The number of hydrogen-bond donors (Lipinski definition) is 1. The third-order valence-electron chi connectivity index (χ3n) is 5.81. The molecule has 8 nitrogen and oxygen atoms in total. The van der Waals surface area contributed by atoms with E-state index in [1.54, 1.807) is 24.3 Å². The van der Waals surface area contributed by atoms with Crippen molar-refractivity contribution in [3.05, 3.63) is 83.0 Å². The first-order valence-corrected chi connectivity index (χ1v) is 11.5. The monoisotopic (exact) mass is 551 g/mol. The molecule has 1 aromatic heterocycles. The molecule has 1 N–H and O–H groups in total. The van der Waals surface area contributed by atoms with Gasteiger partial charge in [-0.2, -0.15) is 0 Å². The maximum Gasteiger partial charge on any atom is 0.344 e. The van der Waals surface area contributed by atoms with E-state index >= 15 is 0 Å². The van der Waals surface area contributed by atoms with Gasteiger partial charge in [0.05, 0.1) is 17.6 Å². The Morgan fingerprint density at radius 3 is 2.32 bits per heavy atom.